The van der Waals surface area contributed by atoms with E-state index in [1.807, 2.05) is 18.7 Å². The van der Waals surface area contributed by atoms with E-state index >= 15 is 0 Å². The van der Waals surface area contributed by atoms with E-state index in [2.05, 4.69) is 9.97 Å². The molecule has 0 aliphatic carbocycles. The molecule has 1 fully saturated rings. The predicted octanol–water partition coefficient (Wildman–Crippen LogP) is 1.84. The fourth-order valence-electron chi connectivity index (χ4n) is 2.84. The zero-order chi connectivity index (χ0) is 16.6. The van der Waals surface area contributed by atoms with E-state index in [1.165, 1.54) is 12.4 Å². The van der Waals surface area contributed by atoms with E-state index in [0.717, 1.165) is 6.42 Å². The Morgan fingerprint density at radius 3 is 3.00 bits per heavy atom. The fraction of sp³-hybridized carbons (Fsp3) is 0.467. The van der Waals surface area contributed by atoms with Crippen LogP contribution < -0.4 is 10.5 Å². The normalized spacial score (nSPS) is 21.6. The maximum absolute atomic E-state index is 11.8. The highest BCUT2D eigenvalue weighted by molar-refractivity contribution is 5.87. The fourth-order valence-corrected chi connectivity index (χ4v) is 2.84. The molecule has 1 aromatic carbocycles. The summed E-state index contributed by atoms with van der Waals surface area (Å²) in [5, 5.41) is 11.7. The van der Waals surface area contributed by atoms with Crippen LogP contribution in [-0.4, -0.2) is 40.2 Å². The number of hydrogen-bond donors (Lipinski definition) is 1. The van der Waals surface area contributed by atoms with Crippen LogP contribution in [0.25, 0.3) is 10.9 Å². The summed E-state index contributed by atoms with van der Waals surface area (Å²) in [5.74, 6) is 0. The monoisotopic (exact) mass is 318 g/mol. The number of morpholine rings is 1. The molecule has 0 bridgehead atoms. The van der Waals surface area contributed by atoms with Gasteiger partial charge in [-0.05, 0) is 19.4 Å². The molecule has 8 heteroatoms. The number of ether oxygens (including phenoxy) is 1. The molecule has 0 saturated carbocycles. The van der Waals surface area contributed by atoms with Gasteiger partial charge in [0.05, 0.1) is 34.4 Å². The third kappa shape index (κ3) is 2.77. The molecule has 0 radical (unpaired) electrons. The average Bonchev–Trinajstić information content (AvgIpc) is 2.54. The zero-order valence-electron chi connectivity index (χ0n) is 13.0. The van der Waals surface area contributed by atoms with Gasteiger partial charge in [0.25, 0.3) is 11.2 Å². The third-order valence-corrected chi connectivity index (χ3v) is 4.36. The minimum absolute atomic E-state index is 0.0867. The first kappa shape index (κ1) is 15.4. The van der Waals surface area contributed by atoms with Gasteiger partial charge in [0.2, 0.25) is 0 Å². The first-order valence-electron chi connectivity index (χ1n) is 7.48. The molecule has 1 saturated heterocycles. The second kappa shape index (κ2) is 5.62. The van der Waals surface area contributed by atoms with Crippen molar-refractivity contribution in [3.05, 3.63) is 38.9 Å². The van der Waals surface area contributed by atoms with Crippen LogP contribution >= 0.6 is 0 Å². The molecule has 8 nitrogen and oxygen atoms in total. The molecule has 0 spiro atoms. The smallest absolute Gasteiger partial charge is 0.293 e. The number of rotatable bonds is 3. The van der Waals surface area contributed by atoms with E-state index in [9.17, 15) is 14.9 Å². The summed E-state index contributed by atoms with van der Waals surface area (Å²) in [4.78, 5) is 31.3. The number of benzene rings is 1. The Bertz CT molecular complexity index is 819. The highest BCUT2D eigenvalue weighted by atomic mass is 16.6. The molecule has 1 aliphatic rings. The number of nitrogens with zero attached hydrogens (tertiary/aromatic N) is 3. The van der Waals surface area contributed by atoms with Crippen molar-refractivity contribution in [1.82, 2.24) is 9.97 Å². The maximum atomic E-state index is 11.8. The molecular weight excluding hydrogens is 300 g/mol. The van der Waals surface area contributed by atoms with Crippen LogP contribution in [0.2, 0.25) is 0 Å². The van der Waals surface area contributed by atoms with Gasteiger partial charge in [-0.25, -0.2) is 4.98 Å². The molecule has 23 heavy (non-hydrogen) atoms. The van der Waals surface area contributed by atoms with E-state index in [4.69, 9.17) is 4.74 Å². The number of H-pyrrole nitrogens is 1. The first-order chi connectivity index (χ1) is 10.9. The van der Waals surface area contributed by atoms with Crippen molar-refractivity contribution in [1.29, 1.82) is 0 Å². The van der Waals surface area contributed by atoms with Gasteiger partial charge >= 0.3 is 0 Å². The second-order valence-electron chi connectivity index (χ2n) is 5.92. The molecule has 2 heterocycles. The van der Waals surface area contributed by atoms with Crippen molar-refractivity contribution in [3.8, 4) is 0 Å². The first-order valence-corrected chi connectivity index (χ1v) is 7.48. The Labute approximate surface area is 132 Å². The Hall–Kier alpha value is -2.48. The minimum Gasteiger partial charge on any atom is -0.372 e. The van der Waals surface area contributed by atoms with Crippen LogP contribution in [0, 0.1) is 10.1 Å². The summed E-state index contributed by atoms with van der Waals surface area (Å²) in [6.45, 7) is 5.64. The SMILES string of the molecule is CCC1(C)CN(c2cc3nc[nH]c(=O)c3cc2[N+](=O)[O-])CCO1. The van der Waals surface area contributed by atoms with E-state index in [0.29, 0.717) is 30.9 Å². The Morgan fingerprint density at radius 1 is 1.52 bits per heavy atom. The van der Waals surface area contributed by atoms with Gasteiger partial charge in [0.15, 0.2) is 0 Å². The second-order valence-corrected chi connectivity index (χ2v) is 5.92. The van der Waals surface area contributed by atoms with Crippen LogP contribution in [0.1, 0.15) is 20.3 Å². The van der Waals surface area contributed by atoms with Crippen molar-refractivity contribution >= 4 is 22.3 Å². The molecule has 122 valence electrons. The Kier molecular flexibility index (Phi) is 3.77. The number of nitro groups is 1. The van der Waals surface area contributed by atoms with Crippen LogP contribution in [0.3, 0.4) is 0 Å². The molecule has 1 unspecified atom stereocenters. The molecule has 1 N–H and O–H groups in total. The van der Waals surface area contributed by atoms with Gasteiger partial charge in [-0.15, -0.1) is 0 Å². The number of anilines is 1. The van der Waals surface area contributed by atoms with Crippen molar-refractivity contribution < 1.29 is 9.66 Å². The van der Waals surface area contributed by atoms with E-state index < -0.39 is 4.92 Å². The summed E-state index contributed by atoms with van der Waals surface area (Å²) in [5.41, 5.74) is 0.104. The van der Waals surface area contributed by atoms with Crippen molar-refractivity contribution in [2.24, 2.45) is 0 Å². The number of nitro benzene ring substituents is 1. The van der Waals surface area contributed by atoms with Crippen LogP contribution in [0.5, 0.6) is 0 Å². The summed E-state index contributed by atoms with van der Waals surface area (Å²) in [6.07, 6.45) is 2.11. The summed E-state index contributed by atoms with van der Waals surface area (Å²) in [6, 6.07) is 2.92. The molecule has 1 aromatic heterocycles. The molecular formula is C15H18N4O4. The molecule has 1 atom stereocenters. The van der Waals surface area contributed by atoms with Gasteiger partial charge in [0.1, 0.15) is 5.69 Å². The summed E-state index contributed by atoms with van der Waals surface area (Å²) >= 11 is 0. The average molecular weight is 318 g/mol. The van der Waals surface area contributed by atoms with E-state index in [-0.39, 0.29) is 22.2 Å². The number of nitrogens with one attached hydrogen (secondary N) is 1. The zero-order valence-corrected chi connectivity index (χ0v) is 13.0. The molecule has 2 aromatic rings. The lowest BCUT2D eigenvalue weighted by Gasteiger charge is -2.40. The highest BCUT2D eigenvalue weighted by Gasteiger charge is 2.33. The van der Waals surface area contributed by atoms with Crippen molar-refractivity contribution in [3.63, 3.8) is 0 Å². The standard InChI is InChI=1S/C15H18N4O4/c1-3-15(2)8-18(4-5-23-15)12-7-11-10(6-13(12)19(21)22)14(20)17-9-16-11/h6-7,9H,3-5,8H2,1-2H3,(H,16,17,20). The van der Waals surface area contributed by atoms with Crippen LogP contribution in [0.4, 0.5) is 11.4 Å². The number of hydrogen-bond acceptors (Lipinski definition) is 6. The maximum Gasteiger partial charge on any atom is 0.293 e. The molecule has 0 amide bonds. The van der Waals surface area contributed by atoms with Crippen LogP contribution in [0.15, 0.2) is 23.3 Å². The van der Waals surface area contributed by atoms with Gasteiger partial charge in [0, 0.05) is 19.2 Å². The minimum atomic E-state index is -0.458. The van der Waals surface area contributed by atoms with E-state index in [1.54, 1.807) is 6.07 Å². The lowest BCUT2D eigenvalue weighted by Crippen LogP contribution is -2.50. The lowest BCUT2D eigenvalue weighted by atomic mass is 10.00. The number of fused-ring (bicyclic) bond motifs is 1. The Balaban J connectivity index is 2.14. The largest absolute Gasteiger partial charge is 0.372 e. The summed E-state index contributed by atoms with van der Waals surface area (Å²) in [7, 11) is 0. The quantitative estimate of drug-likeness (QED) is 0.684. The van der Waals surface area contributed by atoms with Gasteiger partial charge < -0.3 is 14.6 Å². The third-order valence-electron chi connectivity index (χ3n) is 4.36. The van der Waals surface area contributed by atoms with Crippen molar-refractivity contribution in [2.75, 3.05) is 24.6 Å². The Morgan fingerprint density at radius 2 is 2.30 bits per heavy atom. The highest BCUT2D eigenvalue weighted by Crippen LogP contribution is 2.34. The summed E-state index contributed by atoms with van der Waals surface area (Å²) < 4.78 is 5.79. The van der Waals surface area contributed by atoms with Gasteiger partial charge in [-0.3, -0.25) is 14.9 Å². The number of aromatic nitrogens is 2. The van der Waals surface area contributed by atoms with Crippen LogP contribution in [-0.2, 0) is 4.74 Å². The molecule has 3 rings (SSSR count). The molecule has 1 aliphatic heterocycles. The predicted molar refractivity (Wildman–Crippen MR) is 85.9 cm³/mol. The van der Waals surface area contributed by atoms with Gasteiger partial charge in [-0.2, -0.15) is 0 Å². The number of aromatic amines is 1. The topological polar surface area (TPSA) is 101 Å². The van der Waals surface area contributed by atoms with Crippen molar-refractivity contribution in [2.45, 2.75) is 25.9 Å². The lowest BCUT2D eigenvalue weighted by molar-refractivity contribution is -0.384. The van der Waals surface area contributed by atoms with Gasteiger partial charge in [-0.1, -0.05) is 6.92 Å².